The van der Waals surface area contributed by atoms with E-state index >= 15 is 0 Å². The molecule has 0 unspecified atom stereocenters. The predicted octanol–water partition coefficient (Wildman–Crippen LogP) is 0.259. The number of hydrogen-bond acceptors (Lipinski definition) is 4. The maximum Gasteiger partial charge on any atom is 0.313 e. The molecule has 20 heavy (non-hydrogen) atoms. The molecule has 1 aliphatic rings. The van der Waals surface area contributed by atoms with Gasteiger partial charge in [-0.15, -0.1) is 0 Å². The summed E-state index contributed by atoms with van der Waals surface area (Å²) in [5, 5.41) is 5.63. The molecule has 1 aliphatic heterocycles. The third-order valence-corrected chi connectivity index (χ3v) is 3.15. The minimum Gasteiger partial charge on any atom is -0.332 e. The highest BCUT2D eigenvalue weighted by atomic mass is 16.2. The molecule has 0 spiro atoms. The second-order valence-corrected chi connectivity index (χ2v) is 4.60. The van der Waals surface area contributed by atoms with Crippen LogP contribution in [0.25, 0.3) is 0 Å². The van der Waals surface area contributed by atoms with E-state index in [1.165, 1.54) is 11.8 Å². The number of hydrogen-bond donors (Lipinski definition) is 2. The van der Waals surface area contributed by atoms with Gasteiger partial charge in [0.15, 0.2) is 5.78 Å². The molecule has 1 saturated heterocycles. The fourth-order valence-electron chi connectivity index (χ4n) is 2.09. The van der Waals surface area contributed by atoms with Crippen molar-refractivity contribution < 1.29 is 14.4 Å². The zero-order chi connectivity index (χ0) is 14.5. The van der Waals surface area contributed by atoms with Crippen LogP contribution in [0, 0.1) is 0 Å². The number of rotatable bonds is 2. The van der Waals surface area contributed by atoms with Gasteiger partial charge in [-0.05, 0) is 19.1 Å². The first-order valence-corrected chi connectivity index (χ1v) is 6.50. The molecule has 106 valence electrons. The van der Waals surface area contributed by atoms with Crippen molar-refractivity contribution in [3.05, 3.63) is 29.8 Å². The van der Waals surface area contributed by atoms with Crippen molar-refractivity contribution in [2.45, 2.75) is 6.92 Å². The lowest BCUT2D eigenvalue weighted by Gasteiger charge is -2.26. The monoisotopic (exact) mass is 275 g/mol. The number of nitrogens with one attached hydrogen (secondary N) is 2. The van der Waals surface area contributed by atoms with E-state index < -0.39 is 11.8 Å². The lowest BCUT2D eigenvalue weighted by Crippen LogP contribution is -2.50. The Kier molecular flexibility index (Phi) is 4.47. The van der Waals surface area contributed by atoms with Crippen molar-refractivity contribution in [1.29, 1.82) is 0 Å². The van der Waals surface area contributed by atoms with E-state index in [4.69, 9.17) is 0 Å². The quantitative estimate of drug-likeness (QED) is 0.599. The Labute approximate surface area is 117 Å². The zero-order valence-corrected chi connectivity index (χ0v) is 11.3. The number of ketones is 1. The number of Topliss-reactive ketones (excluding diaryl/α,β-unsaturated/α-hetero) is 1. The number of para-hydroxylation sites is 1. The van der Waals surface area contributed by atoms with E-state index in [1.54, 1.807) is 24.3 Å². The first-order valence-electron chi connectivity index (χ1n) is 6.50. The molecule has 0 saturated carbocycles. The van der Waals surface area contributed by atoms with E-state index in [0.717, 1.165) is 0 Å². The van der Waals surface area contributed by atoms with Crippen molar-refractivity contribution in [2.24, 2.45) is 0 Å². The summed E-state index contributed by atoms with van der Waals surface area (Å²) >= 11 is 0. The number of amides is 2. The summed E-state index contributed by atoms with van der Waals surface area (Å²) in [5.41, 5.74) is 0.766. The molecule has 1 heterocycles. The van der Waals surface area contributed by atoms with Crippen molar-refractivity contribution in [2.75, 3.05) is 31.5 Å². The van der Waals surface area contributed by atoms with E-state index in [9.17, 15) is 14.4 Å². The number of piperazine rings is 1. The van der Waals surface area contributed by atoms with Crippen LogP contribution in [0.2, 0.25) is 0 Å². The second-order valence-electron chi connectivity index (χ2n) is 4.60. The number of anilines is 1. The first kappa shape index (κ1) is 14.2. The van der Waals surface area contributed by atoms with Crippen molar-refractivity contribution >= 4 is 23.3 Å². The summed E-state index contributed by atoms with van der Waals surface area (Å²) in [6.45, 7) is 3.82. The van der Waals surface area contributed by atoms with Crippen LogP contribution in [0.15, 0.2) is 24.3 Å². The van der Waals surface area contributed by atoms with Crippen LogP contribution in [0.5, 0.6) is 0 Å². The normalized spacial score (nSPS) is 14.8. The van der Waals surface area contributed by atoms with Crippen molar-refractivity contribution in [3.63, 3.8) is 0 Å². The summed E-state index contributed by atoms with van der Waals surface area (Å²) in [6, 6.07) is 6.65. The maximum atomic E-state index is 12.0. The van der Waals surface area contributed by atoms with Crippen LogP contribution in [-0.4, -0.2) is 48.7 Å². The fourth-order valence-corrected chi connectivity index (χ4v) is 2.09. The zero-order valence-electron chi connectivity index (χ0n) is 11.3. The maximum absolute atomic E-state index is 12.0. The Balaban J connectivity index is 2.07. The average Bonchev–Trinajstić information content (AvgIpc) is 2.47. The van der Waals surface area contributed by atoms with Gasteiger partial charge >= 0.3 is 11.8 Å². The van der Waals surface area contributed by atoms with E-state index in [0.29, 0.717) is 37.4 Å². The fraction of sp³-hybridized carbons (Fsp3) is 0.357. The van der Waals surface area contributed by atoms with E-state index in [2.05, 4.69) is 10.6 Å². The van der Waals surface area contributed by atoms with Crippen molar-refractivity contribution in [1.82, 2.24) is 10.2 Å². The van der Waals surface area contributed by atoms with Crippen molar-refractivity contribution in [3.8, 4) is 0 Å². The van der Waals surface area contributed by atoms with Crippen LogP contribution in [0.3, 0.4) is 0 Å². The van der Waals surface area contributed by atoms with Gasteiger partial charge in [0.25, 0.3) is 0 Å². The SMILES string of the molecule is CC(=O)c1ccccc1NC(=O)C(=O)N1CCNCC1. The van der Waals surface area contributed by atoms with Crippen LogP contribution in [0.1, 0.15) is 17.3 Å². The predicted molar refractivity (Wildman–Crippen MR) is 74.5 cm³/mol. The summed E-state index contributed by atoms with van der Waals surface area (Å²) in [4.78, 5) is 36.9. The van der Waals surface area contributed by atoms with Gasteiger partial charge in [-0.3, -0.25) is 14.4 Å². The molecule has 0 radical (unpaired) electrons. The minimum atomic E-state index is -0.708. The topological polar surface area (TPSA) is 78.5 Å². The molecule has 6 nitrogen and oxygen atoms in total. The Morgan fingerprint density at radius 2 is 1.80 bits per heavy atom. The summed E-state index contributed by atoms with van der Waals surface area (Å²) in [6.07, 6.45) is 0. The van der Waals surface area contributed by atoms with Crippen LogP contribution in [-0.2, 0) is 9.59 Å². The molecule has 0 aromatic heterocycles. The molecule has 1 aromatic rings. The van der Waals surface area contributed by atoms with Gasteiger partial charge in [0.1, 0.15) is 0 Å². The molecule has 1 aromatic carbocycles. The van der Waals surface area contributed by atoms with Gasteiger partial charge in [-0.2, -0.15) is 0 Å². The van der Waals surface area contributed by atoms with Gasteiger partial charge in [-0.25, -0.2) is 0 Å². The van der Waals surface area contributed by atoms with Gasteiger partial charge < -0.3 is 15.5 Å². The van der Waals surface area contributed by atoms with E-state index in [1.807, 2.05) is 0 Å². The third kappa shape index (κ3) is 3.21. The average molecular weight is 275 g/mol. The molecule has 2 N–H and O–H groups in total. The van der Waals surface area contributed by atoms with Gasteiger partial charge in [-0.1, -0.05) is 12.1 Å². The van der Waals surface area contributed by atoms with Gasteiger partial charge in [0.05, 0.1) is 5.69 Å². The second kappa shape index (κ2) is 6.29. The number of nitrogens with zero attached hydrogens (tertiary/aromatic N) is 1. The Hall–Kier alpha value is -2.21. The lowest BCUT2D eigenvalue weighted by atomic mass is 10.1. The Morgan fingerprint density at radius 1 is 1.15 bits per heavy atom. The highest BCUT2D eigenvalue weighted by Crippen LogP contribution is 2.15. The molecular formula is C14H17N3O3. The summed E-state index contributed by atoms with van der Waals surface area (Å²) in [7, 11) is 0. The van der Waals surface area contributed by atoms with Crippen LogP contribution in [0.4, 0.5) is 5.69 Å². The van der Waals surface area contributed by atoms with Gasteiger partial charge in [0.2, 0.25) is 0 Å². The lowest BCUT2D eigenvalue weighted by molar-refractivity contribution is -0.143. The molecule has 2 rings (SSSR count). The molecule has 6 heteroatoms. The van der Waals surface area contributed by atoms with Crippen LogP contribution >= 0.6 is 0 Å². The number of carbonyl (C=O) groups excluding carboxylic acids is 3. The molecular weight excluding hydrogens is 258 g/mol. The molecule has 0 atom stereocenters. The third-order valence-electron chi connectivity index (χ3n) is 3.15. The van der Waals surface area contributed by atoms with Crippen LogP contribution < -0.4 is 10.6 Å². The molecule has 1 fully saturated rings. The molecule has 0 bridgehead atoms. The first-order chi connectivity index (χ1) is 9.59. The van der Waals surface area contributed by atoms with E-state index in [-0.39, 0.29) is 5.78 Å². The number of carbonyl (C=O) groups is 3. The molecule has 0 aliphatic carbocycles. The standard InChI is InChI=1S/C14H17N3O3/c1-10(18)11-4-2-3-5-12(11)16-13(19)14(20)17-8-6-15-7-9-17/h2-5,15H,6-9H2,1H3,(H,16,19). The smallest absolute Gasteiger partial charge is 0.313 e. The molecule has 2 amide bonds. The summed E-state index contributed by atoms with van der Waals surface area (Å²) < 4.78 is 0. The minimum absolute atomic E-state index is 0.157. The Morgan fingerprint density at radius 3 is 2.45 bits per heavy atom. The highest BCUT2D eigenvalue weighted by molar-refractivity contribution is 6.39. The van der Waals surface area contributed by atoms with Gasteiger partial charge in [0, 0.05) is 31.7 Å². The highest BCUT2D eigenvalue weighted by Gasteiger charge is 2.24. The Bertz CT molecular complexity index is 536. The summed E-state index contributed by atoms with van der Waals surface area (Å²) in [5.74, 6) is -1.43. The largest absolute Gasteiger partial charge is 0.332 e. The number of benzene rings is 1.